The maximum absolute atomic E-state index is 10.9. The molecule has 14 heavy (non-hydrogen) atoms. The quantitative estimate of drug-likeness (QED) is 0.662. The molecule has 0 saturated heterocycles. The van der Waals surface area contributed by atoms with E-state index in [2.05, 4.69) is 33.4 Å². The van der Waals surface area contributed by atoms with Gasteiger partial charge < -0.3 is 0 Å². The van der Waals surface area contributed by atoms with Crippen LogP contribution < -0.4 is 10.9 Å². The van der Waals surface area contributed by atoms with Crippen molar-refractivity contribution in [3.05, 3.63) is 27.8 Å². The molecule has 0 aliphatic rings. The van der Waals surface area contributed by atoms with Gasteiger partial charge in [0, 0.05) is 9.99 Å². The molecule has 1 amide bonds. The van der Waals surface area contributed by atoms with Crippen LogP contribution in [-0.4, -0.2) is 5.91 Å². The zero-order chi connectivity index (χ0) is 9.68. The van der Waals surface area contributed by atoms with Crippen molar-refractivity contribution in [2.24, 2.45) is 0 Å². The third-order valence-corrected chi connectivity index (χ3v) is 2.16. The van der Waals surface area contributed by atoms with Crippen LogP contribution >= 0.6 is 35.0 Å². The molecule has 3 nitrogen and oxygen atoms in total. The predicted octanol–water partition coefficient (Wildman–Crippen LogP) is 2.57. The summed E-state index contributed by atoms with van der Waals surface area (Å²) >= 11 is 2.22. The largest absolute Gasteiger partial charge is 0.299 e. The van der Waals surface area contributed by atoms with Crippen LogP contribution in [0.3, 0.4) is 0 Å². The summed E-state index contributed by atoms with van der Waals surface area (Å²) in [4.78, 5) is 10.9. The predicted molar refractivity (Wildman–Crippen MR) is 68.5 cm³/mol. The van der Waals surface area contributed by atoms with E-state index >= 15 is 0 Å². The van der Waals surface area contributed by atoms with Gasteiger partial charge in [0.25, 0.3) is 0 Å². The third-order valence-electron chi connectivity index (χ3n) is 1.49. The van der Waals surface area contributed by atoms with Gasteiger partial charge in [-0.15, -0.1) is 12.4 Å². The lowest BCUT2D eigenvalue weighted by atomic mass is 10.3. The first kappa shape index (κ1) is 13.5. The number of nitrogens with one attached hydrogen (secondary N) is 2. The summed E-state index contributed by atoms with van der Waals surface area (Å²) in [5.74, 6) is -0.0149. The van der Waals surface area contributed by atoms with Crippen LogP contribution in [-0.2, 0) is 4.79 Å². The van der Waals surface area contributed by atoms with Gasteiger partial charge in [-0.25, -0.2) is 0 Å². The van der Waals surface area contributed by atoms with E-state index in [-0.39, 0.29) is 18.3 Å². The number of amides is 1. The van der Waals surface area contributed by atoms with Crippen LogP contribution in [0.2, 0.25) is 0 Å². The van der Waals surface area contributed by atoms with E-state index in [1.165, 1.54) is 0 Å². The molecule has 0 atom stereocenters. The minimum Gasteiger partial charge on any atom is -0.299 e. The van der Waals surface area contributed by atoms with Gasteiger partial charge in [0.1, 0.15) is 0 Å². The maximum atomic E-state index is 10.9. The Morgan fingerprint density at radius 2 is 2.21 bits per heavy atom. The van der Waals surface area contributed by atoms with E-state index in [0.29, 0.717) is 6.42 Å². The van der Waals surface area contributed by atoms with E-state index in [1.54, 1.807) is 0 Å². The van der Waals surface area contributed by atoms with Crippen LogP contribution in [0.4, 0.5) is 5.69 Å². The zero-order valence-electron chi connectivity index (χ0n) is 7.71. The lowest BCUT2D eigenvalue weighted by molar-refractivity contribution is -0.120. The summed E-state index contributed by atoms with van der Waals surface area (Å²) in [5.41, 5.74) is 6.31. The molecule has 1 rings (SSSR count). The first-order chi connectivity index (χ1) is 6.22. The van der Waals surface area contributed by atoms with Crippen molar-refractivity contribution in [2.45, 2.75) is 13.3 Å². The van der Waals surface area contributed by atoms with Crippen molar-refractivity contribution in [1.29, 1.82) is 0 Å². The molecule has 1 aromatic rings. The van der Waals surface area contributed by atoms with Crippen molar-refractivity contribution in [3.63, 3.8) is 0 Å². The molecule has 0 aromatic heterocycles. The number of hydrogen-bond acceptors (Lipinski definition) is 2. The highest BCUT2D eigenvalue weighted by molar-refractivity contribution is 14.1. The highest BCUT2D eigenvalue weighted by Crippen LogP contribution is 2.10. The molecule has 0 aliphatic carbocycles. The van der Waals surface area contributed by atoms with E-state index in [1.807, 2.05) is 31.2 Å². The minimum absolute atomic E-state index is 0. The second kappa shape index (κ2) is 6.89. The molecule has 0 aliphatic heterocycles. The number of halogens is 2. The number of carbonyl (C=O) groups excluding carboxylic acids is 1. The molecule has 0 fully saturated rings. The van der Waals surface area contributed by atoms with Gasteiger partial charge in [-0.1, -0.05) is 13.0 Å². The zero-order valence-corrected chi connectivity index (χ0v) is 10.7. The SMILES string of the molecule is CCC(=O)NNc1cccc(I)c1.Cl. The Morgan fingerprint density at radius 1 is 1.50 bits per heavy atom. The Hall–Kier alpha value is -0.490. The molecule has 0 spiro atoms. The van der Waals surface area contributed by atoms with E-state index < -0.39 is 0 Å². The Labute approximate surface area is 103 Å². The van der Waals surface area contributed by atoms with Gasteiger partial charge in [-0.05, 0) is 40.8 Å². The third kappa shape index (κ3) is 4.66. The van der Waals surface area contributed by atoms with Crippen molar-refractivity contribution < 1.29 is 4.79 Å². The summed E-state index contributed by atoms with van der Waals surface area (Å²) in [6, 6.07) is 7.78. The first-order valence-corrected chi connectivity index (χ1v) is 5.10. The molecular formula is C9H12ClIN2O. The Balaban J connectivity index is 0.00000169. The molecule has 5 heteroatoms. The molecular weight excluding hydrogens is 314 g/mol. The highest BCUT2D eigenvalue weighted by atomic mass is 127. The van der Waals surface area contributed by atoms with Crippen molar-refractivity contribution in [1.82, 2.24) is 5.43 Å². The standard InChI is InChI=1S/C9H11IN2O.ClH/c1-2-9(13)12-11-8-5-3-4-7(10)6-8;/h3-6,11H,2H2,1H3,(H,12,13);1H. The summed E-state index contributed by atoms with van der Waals surface area (Å²) < 4.78 is 1.13. The van der Waals surface area contributed by atoms with Crippen LogP contribution in [0.1, 0.15) is 13.3 Å². The van der Waals surface area contributed by atoms with E-state index in [0.717, 1.165) is 9.26 Å². The Kier molecular flexibility index (Phi) is 6.65. The molecule has 0 radical (unpaired) electrons. The number of carbonyl (C=O) groups is 1. The smallest absolute Gasteiger partial charge is 0.238 e. The fourth-order valence-corrected chi connectivity index (χ4v) is 1.34. The summed E-state index contributed by atoms with van der Waals surface area (Å²) in [6.45, 7) is 1.81. The van der Waals surface area contributed by atoms with E-state index in [9.17, 15) is 4.79 Å². The van der Waals surface area contributed by atoms with Gasteiger partial charge in [-0.3, -0.25) is 15.6 Å². The summed E-state index contributed by atoms with van der Waals surface area (Å²) in [6.07, 6.45) is 0.483. The van der Waals surface area contributed by atoms with Crippen LogP contribution in [0.5, 0.6) is 0 Å². The number of benzene rings is 1. The normalized spacial score (nSPS) is 8.71. The monoisotopic (exact) mass is 326 g/mol. The number of rotatable bonds is 3. The molecule has 0 unspecified atom stereocenters. The minimum atomic E-state index is -0.0149. The van der Waals surface area contributed by atoms with Gasteiger partial charge in [0.05, 0.1) is 5.69 Å². The molecule has 78 valence electrons. The van der Waals surface area contributed by atoms with E-state index in [4.69, 9.17) is 0 Å². The average molecular weight is 327 g/mol. The fourth-order valence-electron chi connectivity index (χ4n) is 0.797. The van der Waals surface area contributed by atoms with Crippen LogP contribution in [0, 0.1) is 3.57 Å². The fraction of sp³-hybridized carbons (Fsp3) is 0.222. The molecule has 0 heterocycles. The topological polar surface area (TPSA) is 41.1 Å². The van der Waals surface area contributed by atoms with Crippen molar-refractivity contribution in [3.8, 4) is 0 Å². The van der Waals surface area contributed by atoms with Gasteiger partial charge in [-0.2, -0.15) is 0 Å². The first-order valence-electron chi connectivity index (χ1n) is 4.03. The van der Waals surface area contributed by atoms with Gasteiger partial charge in [0.15, 0.2) is 0 Å². The van der Waals surface area contributed by atoms with Crippen molar-refractivity contribution >= 4 is 46.6 Å². The maximum Gasteiger partial charge on any atom is 0.238 e. The molecule has 1 aromatic carbocycles. The molecule has 0 bridgehead atoms. The van der Waals surface area contributed by atoms with Crippen LogP contribution in [0.25, 0.3) is 0 Å². The second-order valence-electron chi connectivity index (χ2n) is 2.54. The highest BCUT2D eigenvalue weighted by Gasteiger charge is 1.95. The van der Waals surface area contributed by atoms with Crippen molar-refractivity contribution in [2.75, 3.05) is 5.43 Å². The van der Waals surface area contributed by atoms with Crippen LogP contribution in [0.15, 0.2) is 24.3 Å². The lowest BCUT2D eigenvalue weighted by Gasteiger charge is -2.06. The number of hydrogen-bond donors (Lipinski definition) is 2. The number of hydrazine groups is 1. The average Bonchev–Trinajstić information content (AvgIpc) is 2.14. The van der Waals surface area contributed by atoms with Gasteiger partial charge in [0.2, 0.25) is 5.91 Å². The summed E-state index contributed by atoms with van der Waals surface area (Å²) in [7, 11) is 0. The molecule has 0 saturated carbocycles. The summed E-state index contributed by atoms with van der Waals surface area (Å²) in [5, 5.41) is 0. The Morgan fingerprint density at radius 3 is 2.79 bits per heavy atom. The second-order valence-corrected chi connectivity index (χ2v) is 3.78. The number of anilines is 1. The Bertz CT molecular complexity index is 307. The molecule has 2 N–H and O–H groups in total. The lowest BCUT2D eigenvalue weighted by Crippen LogP contribution is -2.28. The van der Waals surface area contributed by atoms with Gasteiger partial charge >= 0.3 is 0 Å².